The zero-order valence-electron chi connectivity index (χ0n) is 12.9. The van der Waals surface area contributed by atoms with Crippen LogP contribution in [0.3, 0.4) is 0 Å². The van der Waals surface area contributed by atoms with Crippen LogP contribution in [0.4, 0.5) is 0 Å². The van der Waals surface area contributed by atoms with E-state index in [0.29, 0.717) is 12.8 Å². The summed E-state index contributed by atoms with van der Waals surface area (Å²) in [6, 6.07) is 9.18. The van der Waals surface area contributed by atoms with Crippen molar-refractivity contribution in [1.82, 2.24) is 0 Å². The number of ketones is 1. The number of benzene rings is 1. The lowest BCUT2D eigenvalue weighted by Gasteiger charge is -2.37. The van der Waals surface area contributed by atoms with Gasteiger partial charge in [0.25, 0.3) is 0 Å². The number of nitrogens with two attached hydrogens (primary N) is 1. The van der Waals surface area contributed by atoms with E-state index in [0.717, 1.165) is 12.0 Å². The van der Waals surface area contributed by atoms with Gasteiger partial charge in [0.05, 0.1) is 10.3 Å². The minimum absolute atomic E-state index is 0.0185. The van der Waals surface area contributed by atoms with Crippen LogP contribution in [0.15, 0.2) is 35.2 Å². The van der Waals surface area contributed by atoms with Crippen molar-refractivity contribution in [2.75, 3.05) is 0 Å². The molecule has 0 saturated heterocycles. The van der Waals surface area contributed by atoms with Crippen LogP contribution in [0.25, 0.3) is 6.08 Å². The highest BCUT2D eigenvalue weighted by Crippen LogP contribution is 2.67. The van der Waals surface area contributed by atoms with Crippen LogP contribution in [-0.2, 0) is 14.8 Å². The number of primary sulfonamides is 1. The number of hydrogen-bond donors (Lipinski definition) is 1. The highest BCUT2D eigenvalue weighted by molar-refractivity contribution is 7.93. The topological polar surface area (TPSA) is 77.2 Å². The van der Waals surface area contributed by atoms with Gasteiger partial charge in [-0.15, -0.1) is 0 Å². The zero-order chi connectivity index (χ0) is 16.2. The predicted molar refractivity (Wildman–Crippen MR) is 86.1 cm³/mol. The Morgan fingerprint density at radius 2 is 1.91 bits per heavy atom. The quantitative estimate of drug-likeness (QED) is 0.930. The van der Waals surface area contributed by atoms with E-state index in [-0.39, 0.29) is 22.0 Å². The maximum atomic E-state index is 12.7. The molecule has 2 bridgehead atoms. The SMILES string of the molecule is CC1(C)C2CCC1(C(=Cc1ccccc1)S(N)(=O)=O)C(=O)C2. The Morgan fingerprint density at radius 1 is 1.27 bits per heavy atom. The molecule has 118 valence electrons. The van der Waals surface area contributed by atoms with Gasteiger partial charge in [0.15, 0.2) is 0 Å². The molecule has 2 atom stereocenters. The second-order valence-electron chi connectivity index (χ2n) is 6.95. The van der Waals surface area contributed by atoms with E-state index in [9.17, 15) is 13.2 Å². The Labute approximate surface area is 131 Å². The number of carbonyl (C=O) groups is 1. The second-order valence-corrected chi connectivity index (χ2v) is 8.48. The van der Waals surface area contributed by atoms with Crippen LogP contribution < -0.4 is 5.14 Å². The van der Waals surface area contributed by atoms with Crippen LogP contribution in [0.5, 0.6) is 0 Å². The van der Waals surface area contributed by atoms with Gasteiger partial charge in [-0.2, -0.15) is 0 Å². The summed E-state index contributed by atoms with van der Waals surface area (Å²) in [6.07, 6.45) is 3.48. The van der Waals surface area contributed by atoms with Gasteiger partial charge in [-0.25, -0.2) is 13.6 Å². The molecule has 0 spiro atoms. The lowest BCUT2D eigenvalue weighted by Crippen LogP contribution is -2.42. The summed E-state index contributed by atoms with van der Waals surface area (Å²) in [4.78, 5) is 12.8. The summed E-state index contributed by atoms with van der Waals surface area (Å²) < 4.78 is 24.6. The minimum Gasteiger partial charge on any atom is -0.299 e. The molecule has 2 aliphatic carbocycles. The molecule has 5 heteroatoms. The fraction of sp³-hybridized carbons (Fsp3) is 0.471. The van der Waals surface area contributed by atoms with Crippen LogP contribution in [0.1, 0.15) is 38.7 Å². The monoisotopic (exact) mass is 319 g/mol. The third-order valence-corrected chi connectivity index (χ3v) is 6.80. The molecule has 0 amide bonds. The zero-order valence-corrected chi connectivity index (χ0v) is 13.7. The highest BCUT2D eigenvalue weighted by Gasteiger charge is 2.67. The first-order valence-corrected chi connectivity index (χ1v) is 9.07. The summed E-state index contributed by atoms with van der Waals surface area (Å²) >= 11 is 0. The third kappa shape index (κ3) is 1.99. The number of Topliss-reactive ketones (excluding diaryl/α,β-unsaturated/α-hetero) is 1. The molecule has 1 aromatic rings. The molecule has 1 aromatic carbocycles. The maximum Gasteiger partial charge on any atom is 0.235 e. The number of carbonyl (C=O) groups excluding carboxylic acids is 1. The van der Waals surface area contributed by atoms with Crippen molar-refractivity contribution in [3.05, 3.63) is 40.8 Å². The summed E-state index contributed by atoms with van der Waals surface area (Å²) in [5.74, 6) is 0.255. The first-order valence-electron chi connectivity index (χ1n) is 7.53. The van der Waals surface area contributed by atoms with Gasteiger partial charge in [-0.3, -0.25) is 4.79 Å². The molecule has 4 nitrogen and oxygen atoms in total. The van der Waals surface area contributed by atoms with Crippen LogP contribution >= 0.6 is 0 Å². The average Bonchev–Trinajstić information content (AvgIpc) is 2.79. The summed E-state index contributed by atoms with van der Waals surface area (Å²) in [7, 11) is -3.95. The molecule has 2 unspecified atom stereocenters. The van der Waals surface area contributed by atoms with E-state index in [1.807, 2.05) is 44.2 Å². The van der Waals surface area contributed by atoms with Crippen molar-refractivity contribution in [3.8, 4) is 0 Å². The van der Waals surface area contributed by atoms with Crippen molar-refractivity contribution in [2.24, 2.45) is 21.9 Å². The third-order valence-electron chi connectivity index (χ3n) is 5.72. The Morgan fingerprint density at radius 3 is 2.36 bits per heavy atom. The summed E-state index contributed by atoms with van der Waals surface area (Å²) in [6.45, 7) is 4.00. The standard InChI is InChI=1S/C17H21NO3S/c1-16(2)13-8-9-17(16,14(19)11-13)15(22(18,20)21)10-12-6-4-3-5-7-12/h3-7,10,13H,8-9,11H2,1-2H3,(H2,18,20,21). The van der Waals surface area contributed by atoms with Crippen molar-refractivity contribution >= 4 is 21.9 Å². The summed E-state index contributed by atoms with van der Waals surface area (Å²) in [5.41, 5.74) is -0.599. The number of allylic oxidation sites excluding steroid dienone is 1. The van der Waals surface area contributed by atoms with Gasteiger partial charge < -0.3 is 0 Å². The largest absolute Gasteiger partial charge is 0.299 e. The van der Waals surface area contributed by atoms with Crippen LogP contribution in [-0.4, -0.2) is 14.2 Å². The van der Waals surface area contributed by atoms with E-state index in [1.54, 1.807) is 6.08 Å². The molecule has 3 rings (SSSR count). The fourth-order valence-electron chi connectivity index (χ4n) is 4.40. The number of sulfonamides is 1. The smallest absolute Gasteiger partial charge is 0.235 e. The molecule has 2 N–H and O–H groups in total. The Bertz CT molecular complexity index is 749. The van der Waals surface area contributed by atoms with Gasteiger partial charge in [-0.1, -0.05) is 44.2 Å². The molecule has 0 aliphatic heterocycles. The molecule has 22 heavy (non-hydrogen) atoms. The second kappa shape index (κ2) is 4.77. The first kappa shape index (κ1) is 15.4. The van der Waals surface area contributed by atoms with Crippen molar-refractivity contribution in [2.45, 2.75) is 33.1 Å². The van der Waals surface area contributed by atoms with E-state index >= 15 is 0 Å². The fourth-order valence-corrected chi connectivity index (χ4v) is 5.67. The molecule has 0 heterocycles. The van der Waals surface area contributed by atoms with E-state index in [4.69, 9.17) is 5.14 Å². The van der Waals surface area contributed by atoms with Crippen LogP contribution in [0.2, 0.25) is 0 Å². The highest BCUT2D eigenvalue weighted by atomic mass is 32.2. The maximum absolute atomic E-state index is 12.7. The van der Waals surface area contributed by atoms with Crippen molar-refractivity contribution in [1.29, 1.82) is 0 Å². The summed E-state index contributed by atoms with van der Waals surface area (Å²) in [5, 5.41) is 5.52. The van der Waals surface area contributed by atoms with Crippen molar-refractivity contribution in [3.63, 3.8) is 0 Å². The van der Waals surface area contributed by atoms with Crippen LogP contribution in [0, 0.1) is 16.7 Å². The molecule has 0 aromatic heterocycles. The Balaban J connectivity index is 2.24. The van der Waals surface area contributed by atoms with E-state index in [1.165, 1.54) is 0 Å². The molecule has 2 aliphatic rings. The normalized spacial score (nSPS) is 30.8. The Hall–Kier alpha value is -1.46. The molecule has 2 fully saturated rings. The van der Waals surface area contributed by atoms with Gasteiger partial charge in [0.2, 0.25) is 10.0 Å². The molecule has 2 saturated carbocycles. The van der Waals surface area contributed by atoms with Gasteiger partial charge in [0, 0.05) is 6.42 Å². The molecule has 0 radical (unpaired) electrons. The minimum atomic E-state index is -3.95. The average molecular weight is 319 g/mol. The number of fused-ring (bicyclic) bond motifs is 2. The van der Waals surface area contributed by atoms with Gasteiger partial charge in [0.1, 0.15) is 5.78 Å². The Kier molecular flexibility index (Phi) is 3.34. The van der Waals surface area contributed by atoms with E-state index < -0.39 is 15.4 Å². The number of rotatable bonds is 3. The molecular weight excluding hydrogens is 298 g/mol. The lowest BCUT2D eigenvalue weighted by atomic mass is 9.68. The van der Waals surface area contributed by atoms with E-state index in [2.05, 4.69) is 0 Å². The number of hydrogen-bond acceptors (Lipinski definition) is 3. The predicted octanol–water partition coefficient (Wildman–Crippen LogP) is 2.71. The van der Waals surface area contributed by atoms with Gasteiger partial charge >= 0.3 is 0 Å². The van der Waals surface area contributed by atoms with Gasteiger partial charge in [-0.05, 0) is 35.8 Å². The lowest BCUT2D eigenvalue weighted by molar-refractivity contribution is -0.126. The molecular formula is C17H21NO3S. The van der Waals surface area contributed by atoms with Crippen molar-refractivity contribution < 1.29 is 13.2 Å². The first-order chi connectivity index (χ1) is 10.2.